The Bertz CT molecular complexity index is 557. The summed E-state index contributed by atoms with van der Waals surface area (Å²) in [5, 5.41) is 3.24. The van der Waals surface area contributed by atoms with Crippen LogP contribution in [0.5, 0.6) is 0 Å². The second kappa shape index (κ2) is 6.62. The maximum absolute atomic E-state index is 13.4. The van der Waals surface area contributed by atoms with Crippen LogP contribution in [0.15, 0.2) is 23.1 Å². The third kappa shape index (κ3) is 3.99. The van der Waals surface area contributed by atoms with Gasteiger partial charge in [0.05, 0.1) is 4.90 Å². The van der Waals surface area contributed by atoms with E-state index in [2.05, 4.69) is 14.9 Å². The van der Waals surface area contributed by atoms with E-state index in [4.69, 9.17) is 0 Å². The fourth-order valence-corrected chi connectivity index (χ4v) is 3.13. The molecule has 0 unspecified atom stereocenters. The fraction of sp³-hybridized carbons (Fsp3) is 0.538. The molecule has 1 heterocycles. The van der Waals surface area contributed by atoms with Gasteiger partial charge in [-0.1, -0.05) is 6.07 Å². The molecule has 2 N–H and O–H groups in total. The molecular weight excluding hydrogens is 281 g/mol. The molecule has 1 aromatic carbocycles. The Balaban J connectivity index is 1.91. The Morgan fingerprint density at radius 3 is 2.70 bits per heavy atom. The molecule has 0 spiro atoms. The summed E-state index contributed by atoms with van der Waals surface area (Å²) in [5.41, 5.74) is 0.435. The third-order valence-corrected chi connectivity index (χ3v) is 4.84. The lowest BCUT2D eigenvalue weighted by Gasteiger charge is -2.27. The van der Waals surface area contributed by atoms with Gasteiger partial charge in [0.1, 0.15) is 5.82 Å². The Kier molecular flexibility index (Phi) is 5.09. The van der Waals surface area contributed by atoms with Gasteiger partial charge in [-0.05, 0) is 24.6 Å². The van der Waals surface area contributed by atoms with Crippen LogP contribution >= 0.6 is 0 Å². The van der Waals surface area contributed by atoms with Gasteiger partial charge in [-0.15, -0.1) is 0 Å². The monoisotopic (exact) mass is 301 g/mol. The largest absolute Gasteiger partial charge is 0.314 e. The van der Waals surface area contributed by atoms with Crippen molar-refractivity contribution in [3.8, 4) is 0 Å². The van der Waals surface area contributed by atoms with Gasteiger partial charge >= 0.3 is 0 Å². The van der Waals surface area contributed by atoms with Crippen LogP contribution < -0.4 is 10.0 Å². The van der Waals surface area contributed by atoms with Gasteiger partial charge in [-0.25, -0.2) is 17.5 Å². The highest BCUT2D eigenvalue weighted by molar-refractivity contribution is 7.89. The molecular formula is C13H20FN3O2S. The molecule has 20 heavy (non-hydrogen) atoms. The van der Waals surface area contributed by atoms with E-state index >= 15 is 0 Å². The molecule has 1 aliphatic rings. The summed E-state index contributed by atoms with van der Waals surface area (Å²) < 4.78 is 40.0. The first-order valence-electron chi connectivity index (χ1n) is 6.68. The van der Waals surface area contributed by atoms with Crippen molar-refractivity contribution >= 4 is 10.0 Å². The predicted molar refractivity (Wildman–Crippen MR) is 75.6 cm³/mol. The SMILES string of the molecule is Cc1ccc(S(=O)(=O)NCCN2CCNCC2)cc1F. The number of piperazine rings is 1. The summed E-state index contributed by atoms with van der Waals surface area (Å²) in [5.74, 6) is -0.505. The van der Waals surface area contributed by atoms with Crippen molar-refractivity contribution in [1.29, 1.82) is 0 Å². The molecule has 1 aromatic rings. The maximum atomic E-state index is 13.4. The molecule has 0 aromatic heterocycles. The van der Waals surface area contributed by atoms with Crippen LogP contribution in [0.25, 0.3) is 0 Å². The maximum Gasteiger partial charge on any atom is 0.240 e. The highest BCUT2D eigenvalue weighted by Crippen LogP contribution is 2.13. The molecule has 0 saturated carbocycles. The molecule has 2 rings (SSSR count). The molecule has 0 amide bonds. The molecule has 0 bridgehead atoms. The van der Waals surface area contributed by atoms with E-state index < -0.39 is 15.8 Å². The summed E-state index contributed by atoms with van der Waals surface area (Å²) in [7, 11) is -3.63. The third-order valence-electron chi connectivity index (χ3n) is 3.38. The number of aryl methyl sites for hydroxylation is 1. The normalized spacial score (nSPS) is 17.3. The number of halogens is 1. The van der Waals surface area contributed by atoms with E-state index in [-0.39, 0.29) is 4.90 Å². The van der Waals surface area contributed by atoms with Crippen LogP contribution in [-0.2, 0) is 10.0 Å². The fourth-order valence-electron chi connectivity index (χ4n) is 2.10. The zero-order chi connectivity index (χ0) is 14.6. The Morgan fingerprint density at radius 1 is 1.35 bits per heavy atom. The van der Waals surface area contributed by atoms with Gasteiger partial charge in [0.2, 0.25) is 10.0 Å². The minimum Gasteiger partial charge on any atom is -0.314 e. The van der Waals surface area contributed by atoms with Crippen molar-refractivity contribution in [3.05, 3.63) is 29.6 Å². The zero-order valence-electron chi connectivity index (χ0n) is 11.5. The summed E-state index contributed by atoms with van der Waals surface area (Å²) in [6.07, 6.45) is 0. The average Bonchev–Trinajstić information content (AvgIpc) is 2.43. The Morgan fingerprint density at radius 2 is 2.05 bits per heavy atom. The molecule has 0 aliphatic carbocycles. The van der Waals surface area contributed by atoms with Gasteiger partial charge in [0, 0.05) is 39.3 Å². The van der Waals surface area contributed by atoms with Crippen LogP contribution in [0.2, 0.25) is 0 Å². The van der Waals surface area contributed by atoms with Crippen LogP contribution in [-0.4, -0.2) is 52.6 Å². The standard InChI is InChI=1S/C13H20FN3O2S/c1-11-2-3-12(10-13(11)14)20(18,19)16-6-9-17-7-4-15-5-8-17/h2-3,10,15-16H,4-9H2,1H3. The van der Waals surface area contributed by atoms with Crippen LogP contribution in [0.1, 0.15) is 5.56 Å². The van der Waals surface area contributed by atoms with Gasteiger partial charge < -0.3 is 5.32 Å². The summed E-state index contributed by atoms with van der Waals surface area (Å²) in [6, 6.07) is 3.95. The number of nitrogens with zero attached hydrogens (tertiary/aromatic N) is 1. The molecule has 1 saturated heterocycles. The quantitative estimate of drug-likeness (QED) is 0.822. The Hall–Kier alpha value is -1.02. The number of rotatable bonds is 5. The lowest BCUT2D eigenvalue weighted by molar-refractivity contribution is 0.245. The lowest BCUT2D eigenvalue weighted by atomic mass is 10.2. The lowest BCUT2D eigenvalue weighted by Crippen LogP contribution is -2.46. The highest BCUT2D eigenvalue weighted by Gasteiger charge is 2.16. The van der Waals surface area contributed by atoms with E-state index in [0.29, 0.717) is 18.7 Å². The number of hydrogen-bond donors (Lipinski definition) is 2. The molecule has 0 radical (unpaired) electrons. The smallest absolute Gasteiger partial charge is 0.240 e. The van der Waals surface area contributed by atoms with E-state index in [1.807, 2.05) is 0 Å². The highest BCUT2D eigenvalue weighted by atomic mass is 32.2. The first kappa shape index (κ1) is 15.4. The van der Waals surface area contributed by atoms with Crippen molar-refractivity contribution in [3.63, 3.8) is 0 Å². The van der Waals surface area contributed by atoms with Crippen molar-refractivity contribution in [2.45, 2.75) is 11.8 Å². The van der Waals surface area contributed by atoms with E-state index in [1.165, 1.54) is 12.1 Å². The number of hydrogen-bond acceptors (Lipinski definition) is 4. The molecule has 1 fully saturated rings. The summed E-state index contributed by atoms with van der Waals surface area (Å²) >= 11 is 0. The van der Waals surface area contributed by atoms with Crippen molar-refractivity contribution in [2.24, 2.45) is 0 Å². The van der Waals surface area contributed by atoms with Crippen molar-refractivity contribution < 1.29 is 12.8 Å². The average molecular weight is 301 g/mol. The zero-order valence-corrected chi connectivity index (χ0v) is 12.3. The number of nitrogens with one attached hydrogen (secondary N) is 2. The molecule has 0 atom stereocenters. The van der Waals surface area contributed by atoms with E-state index in [9.17, 15) is 12.8 Å². The van der Waals surface area contributed by atoms with Gasteiger partial charge in [-0.3, -0.25) is 4.90 Å². The molecule has 1 aliphatic heterocycles. The van der Waals surface area contributed by atoms with Gasteiger partial charge in [0.25, 0.3) is 0 Å². The van der Waals surface area contributed by atoms with E-state index in [1.54, 1.807) is 6.92 Å². The first-order chi connectivity index (χ1) is 9.49. The van der Waals surface area contributed by atoms with Crippen LogP contribution in [0.3, 0.4) is 0 Å². The summed E-state index contributed by atoms with van der Waals surface area (Å²) in [4.78, 5) is 2.16. The van der Waals surface area contributed by atoms with Crippen LogP contribution in [0.4, 0.5) is 4.39 Å². The molecule has 7 heteroatoms. The predicted octanol–water partition coefficient (Wildman–Crippen LogP) is 0.318. The Labute approximate surface area is 119 Å². The number of sulfonamides is 1. The van der Waals surface area contributed by atoms with Gasteiger partial charge in [0.15, 0.2) is 0 Å². The topological polar surface area (TPSA) is 61.4 Å². The minimum atomic E-state index is -3.63. The summed E-state index contributed by atoms with van der Waals surface area (Å²) in [6.45, 7) is 6.28. The van der Waals surface area contributed by atoms with Crippen molar-refractivity contribution in [2.75, 3.05) is 39.3 Å². The van der Waals surface area contributed by atoms with Gasteiger partial charge in [-0.2, -0.15) is 0 Å². The second-order valence-electron chi connectivity index (χ2n) is 4.90. The van der Waals surface area contributed by atoms with Crippen LogP contribution in [0, 0.1) is 12.7 Å². The second-order valence-corrected chi connectivity index (χ2v) is 6.67. The molecule has 112 valence electrons. The van der Waals surface area contributed by atoms with Crippen molar-refractivity contribution in [1.82, 2.24) is 14.9 Å². The van der Waals surface area contributed by atoms with E-state index in [0.717, 1.165) is 32.2 Å². The minimum absolute atomic E-state index is 0.0269. The number of benzene rings is 1. The molecule has 5 nitrogen and oxygen atoms in total. The first-order valence-corrected chi connectivity index (χ1v) is 8.16.